The van der Waals surface area contributed by atoms with Crippen LogP contribution >= 0.6 is 0 Å². The van der Waals surface area contributed by atoms with Crippen LogP contribution in [0.25, 0.3) is 176 Å². The van der Waals surface area contributed by atoms with Crippen LogP contribution in [0.5, 0.6) is 0 Å². The van der Waals surface area contributed by atoms with E-state index in [2.05, 4.69) is 107 Å². The van der Waals surface area contributed by atoms with Gasteiger partial charge in [-0.1, -0.05) is 146 Å². The number of benzene rings is 12. The molecule has 0 unspecified atom stereocenters. The number of hydrogen-bond acceptors (Lipinski definition) is 2. The molecule has 12 aromatic carbocycles. The Balaban J connectivity index is 1.23. The minimum absolute atomic E-state index is 0.391. The SMILES string of the molecule is Fc1ccc(-c2c3nc(c(-c4ccc(F)cc4)c4[nH]c(c(-c5ccc(F)cc5)c5nc(c(-c6ccc(F)cc6)c6[nH]c2c2cc7ccccc7cc62)-c2cc6ccccc6cc2-5)c2cc5ccccc5cc42)-c2cc4ccccc4cc2-3)cc1. The van der Waals surface area contributed by atoms with E-state index in [1.165, 1.54) is 48.5 Å². The van der Waals surface area contributed by atoms with Crippen LogP contribution < -0.4 is 0 Å². The molecule has 0 amide bonds. The maximum atomic E-state index is 15.5. The molecule has 84 heavy (non-hydrogen) atoms. The molecule has 0 saturated carbocycles. The third kappa shape index (κ3) is 7.40. The average molecular weight is 1090 g/mol. The number of hydrogen-bond donors (Lipinski definition) is 2. The van der Waals surface area contributed by atoms with Crippen molar-refractivity contribution in [2.24, 2.45) is 0 Å². The summed E-state index contributed by atoms with van der Waals surface area (Å²) in [6.07, 6.45) is 0. The molecule has 3 aliphatic rings. The molecule has 2 aromatic heterocycles. The van der Waals surface area contributed by atoms with E-state index in [-0.39, 0.29) is 0 Å². The molecule has 1 aliphatic carbocycles. The molecule has 14 aromatic rings. The normalized spacial score (nSPS) is 12.0. The zero-order chi connectivity index (χ0) is 55.9. The smallest absolute Gasteiger partial charge is 0.123 e. The molecule has 8 heteroatoms. The molecule has 17 rings (SSSR count). The van der Waals surface area contributed by atoms with Crippen molar-refractivity contribution >= 4 is 86.7 Å². The van der Waals surface area contributed by atoms with E-state index in [0.717, 1.165) is 86.9 Å². The summed E-state index contributed by atoms with van der Waals surface area (Å²) >= 11 is 0. The Morgan fingerprint density at radius 3 is 0.619 bits per heavy atom. The van der Waals surface area contributed by atoms with Crippen LogP contribution in [-0.2, 0) is 0 Å². The van der Waals surface area contributed by atoms with Crippen molar-refractivity contribution in [3.05, 3.63) is 266 Å². The van der Waals surface area contributed by atoms with Gasteiger partial charge in [0.2, 0.25) is 0 Å². The van der Waals surface area contributed by atoms with Gasteiger partial charge in [0.1, 0.15) is 23.3 Å². The molecule has 0 radical (unpaired) electrons. The van der Waals surface area contributed by atoms with E-state index >= 15 is 17.6 Å². The zero-order valence-corrected chi connectivity index (χ0v) is 44.5. The molecule has 0 spiro atoms. The van der Waals surface area contributed by atoms with Crippen molar-refractivity contribution in [3.63, 3.8) is 0 Å². The summed E-state index contributed by atoms with van der Waals surface area (Å²) in [6, 6.07) is 76.8. The van der Waals surface area contributed by atoms with Gasteiger partial charge in [0.15, 0.2) is 0 Å². The summed E-state index contributed by atoms with van der Waals surface area (Å²) in [5.74, 6) is -1.56. The van der Waals surface area contributed by atoms with Crippen molar-refractivity contribution in [1.82, 2.24) is 19.9 Å². The molecule has 4 heterocycles. The van der Waals surface area contributed by atoms with E-state index < -0.39 is 23.3 Å². The number of nitrogens with one attached hydrogen (secondary N) is 2. The molecular weight excluding hydrogens is 1040 g/mol. The lowest BCUT2D eigenvalue weighted by molar-refractivity contribution is 0.627. The highest BCUT2D eigenvalue weighted by atomic mass is 19.1. The highest BCUT2D eigenvalue weighted by molar-refractivity contribution is 6.25. The summed E-state index contributed by atoms with van der Waals surface area (Å²) in [5, 5.41) is 11.4. The number of rotatable bonds is 4. The average Bonchev–Trinajstić information content (AvgIpc) is 1.80. The van der Waals surface area contributed by atoms with E-state index in [4.69, 9.17) is 9.97 Å². The van der Waals surface area contributed by atoms with Crippen LogP contribution in [0.4, 0.5) is 17.6 Å². The van der Waals surface area contributed by atoms with Gasteiger partial charge in [0.25, 0.3) is 0 Å². The molecule has 0 atom stereocenters. The first kappa shape index (κ1) is 47.8. The largest absolute Gasteiger partial charge is 0.353 e. The molecule has 0 saturated heterocycles. The predicted octanol–water partition coefficient (Wildman–Crippen LogP) is 21.1. The third-order valence-electron chi connectivity index (χ3n) is 17.1. The number of nitrogens with zero attached hydrogens (tertiary/aromatic N) is 2. The fraction of sp³-hybridized carbons (Fsp3) is 0. The lowest BCUT2D eigenvalue weighted by Gasteiger charge is -2.11. The standard InChI is InChI=1S/C76H42F4N4/c77-53-25-17-41(18-26-53)65-69-57-33-45-9-1-2-10-46(45)34-58(57)70(81-69)66(42-19-27-54(78)28-20-42)72-61-37-49-13-5-6-14-50(49)38-62(61)74(83-72)68(44-23-31-56(80)32-24-44)76-64-40-52-16-8-7-15-51(52)39-63(64)75(84-76)67(43-21-29-55(79)30-22-43)73-60-36-48-12-4-3-11-47(48)35-59(60)71(65)82-73/h1-40,81,84H. The van der Waals surface area contributed by atoms with Crippen LogP contribution in [0.1, 0.15) is 0 Å². The highest BCUT2D eigenvalue weighted by Gasteiger charge is 2.31. The topological polar surface area (TPSA) is 57.4 Å². The number of aromatic nitrogens is 4. The maximum absolute atomic E-state index is 15.5. The van der Waals surface area contributed by atoms with E-state index in [9.17, 15) is 0 Å². The van der Waals surface area contributed by atoms with Gasteiger partial charge in [0.05, 0.1) is 44.8 Å². The molecular formula is C76H42F4N4. The van der Waals surface area contributed by atoms with Gasteiger partial charge >= 0.3 is 0 Å². The summed E-state index contributed by atoms with van der Waals surface area (Å²) in [4.78, 5) is 20.1. The van der Waals surface area contributed by atoms with E-state index in [1.54, 1.807) is 48.5 Å². The Kier molecular flexibility index (Phi) is 10.4. The first-order valence-electron chi connectivity index (χ1n) is 27.9. The predicted molar refractivity (Wildman–Crippen MR) is 336 cm³/mol. The van der Waals surface area contributed by atoms with Crippen molar-refractivity contribution in [2.75, 3.05) is 0 Å². The summed E-state index contributed by atoms with van der Waals surface area (Å²) in [5.41, 5.74) is 14.3. The van der Waals surface area contributed by atoms with Gasteiger partial charge in [-0.15, -0.1) is 0 Å². The highest BCUT2D eigenvalue weighted by Crippen LogP contribution is 2.53. The Hall–Kier alpha value is -11.0. The van der Waals surface area contributed by atoms with Gasteiger partial charge in [-0.2, -0.15) is 0 Å². The molecule has 2 aliphatic heterocycles. The summed E-state index contributed by atoms with van der Waals surface area (Å²) in [7, 11) is 0. The van der Waals surface area contributed by atoms with Crippen molar-refractivity contribution < 1.29 is 17.6 Å². The van der Waals surface area contributed by atoms with Crippen molar-refractivity contribution in [2.45, 2.75) is 0 Å². The molecule has 2 N–H and O–H groups in total. The fourth-order valence-corrected chi connectivity index (χ4v) is 13.2. The third-order valence-corrected chi connectivity index (χ3v) is 17.1. The van der Waals surface area contributed by atoms with Crippen LogP contribution in [0, 0.1) is 23.3 Å². The first-order valence-corrected chi connectivity index (χ1v) is 27.9. The monoisotopic (exact) mass is 1090 g/mol. The zero-order valence-electron chi connectivity index (χ0n) is 44.5. The fourth-order valence-electron chi connectivity index (χ4n) is 13.2. The second kappa shape index (κ2) is 18.3. The minimum atomic E-state index is -0.391. The van der Waals surface area contributed by atoms with E-state index in [0.29, 0.717) is 89.4 Å². The summed E-state index contributed by atoms with van der Waals surface area (Å²) in [6.45, 7) is 0. The first-order chi connectivity index (χ1) is 41.2. The second-order valence-electron chi connectivity index (χ2n) is 21.9. The number of halogens is 4. The van der Waals surface area contributed by atoms with Crippen LogP contribution in [0.3, 0.4) is 0 Å². The molecule has 4 nitrogen and oxygen atoms in total. The maximum Gasteiger partial charge on any atom is 0.123 e. The van der Waals surface area contributed by atoms with E-state index in [1.807, 2.05) is 48.5 Å². The van der Waals surface area contributed by atoms with Gasteiger partial charge in [-0.25, -0.2) is 27.5 Å². The summed E-state index contributed by atoms with van der Waals surface area (Å²) < 4.78 is 62.0. The van der Waals surface area contributed by atoms with Gasteiger partial charge in [-0.3, -0.25) is 0 Å². The van der Waals surface area contributed by atoms with Crippen LogP contribution in [-0.4, -0.2) is 19.9 Å². The number of aromatic amines is 2. The second-order valence-corrected chi connectivity index (χ2v) is 21.9. The Labute approximate surface area is 477 Å². The van der Waals surface area contributed by atoms with Crippen LogP contribution in [0.2, 0.25) is 0 Å². The Morgan fingerprint density at radius 2 is 0.417 bits per heavy atom. The number of fused-ring (bicyclic) bond motifs is 4. The lowest BCUT2D eigenvalue weighted by atomic mass is 9.91. The quantitative estimate of drug-likeness (QED) is 0.173. The molecule has 8 bridgehead atoms. The van der Waals surface area contributed by atoms with Crippen LogP contribution in [0.15, 0.2) is 243 Å². The Morgan fingerprint density at radius 1 is 0.226 bits per heavy atom. The molecule has 394 valence electrons. The van der Waals surface area contributed by atoms with Crippen molar-refractivity contribution in [1.29, 1.82) is 0 Å². The van der Waals surface area contributed by atoms with Gasteiger partial charge < -0.3 is 9.97 Å². The number of H-pyrrole nitrogens is 2. The molecule has 0 fully saturated rings. The minimum Gasteiger partial charge on any atom is -0.353 e. The van der Waals surface area contributed by atoms with Crippen molar-refractivity contribution in [3.8, 4) is 89.5 Å². The Bertz CT molecular complexity index is 4830. The van der Waals surface area contributed by atoms with Gasteiger partial charge in [0, 0.05) is 66.1 Å². The lowest BCUT2D eigenvalue weighted by Crippen LogP contribution is -1.88. The van der Waals surface area contributed by atoms with Gasteiger partial charge in [-0.05, 0) is 162 Å².